The van der Waals surface area contributed by atoms with E-state index >= 15 is 0 Å². The second-order valence-corrected chi connectivity index (χ2v) is 5.56. The molecule has 0 aliphatic carbocycles. The number of hydrogen-bond donors (Lipinski definition) is 0. The first-order valence-corrected chi connectivity index (χ1v) is 7.98. The molecule has 0 unspecified atom stereocenters. The van der Waals surface area contributed by atoms with Crippen molar-refractivity contribution >= 4 is 12.2 Å². The van der Waals surface area contributed by atoms with Gasteiger partial charge in [-0.25, -0.2) is 4.99 Å². The standard InChI is InChI=1S/C20H16N4O/c1-15-12-13-18(25-15)14-21-20-22-19(16-8-4-2-5-9-16)23-24(20)17-10-6-3-7-11-17/h2-14H,1H3/b21-14+. The molecule has 2 aromatic heterocycles. The zero-order valence-corrected chi connectivity index (χ0v) is 13.7. The van der Waals surface area contributed by atoms with E-state index in [4.69, 9.17) is 4.42 Å². The van der Waals surface area contributed by atoms with E-state index in [1.807, 2.05) is 79.7 Å². The van der Waals surface area contributed by atoms with Crippen molar-refractivity contribution in [2.24, 2.45) is 4.99 Å². The van der Waals surface area contributed by atoms with Crippen LogP contribution in [-0.4, -0.2) is 21.0 Å². The molecule has 0 N–H and O–H groups in total. The third-order valence-electron chi connectivity index (χ3n) is 3.69. The molecule has 0 saturated heterocycles. The van der Waals surface area contributed by atoms with Gasteiger partial charge in [-0.2, -0.15) is 9.67 Å². The van der Waals surface area contributed by atoms with Gasteiger partial charge in [0.05, 0.1) is 11.9 Å². The highest BCUT2D eigenvalue weighted by atomic mass is 16.3. The summed E-state index contributed by atoms with van der Waals surface area (Å²) in [7, 11) is 0. The molecule has 0 saturated carbocycles. The summed E-state index contributed by atoms with van der Waals surface area (Å²) in [5, 5.41) is 4.63. The van der Waals surface area contributed by atoms with Crippen molar-refractivity contribution in [1.82, 2.24) is 14.8 Å². The third kappa shape index (κ3) is 3.26. The maximum atomic E-state index is 5.54. The first-order chi connectivity index (χ1) is 12.3. The Bertz CT molecular complexity index is 1000. The maximum absolute atomic E-state index is 5.54. The van der Waals surface area contributed by atoms with Crippen LogP contribution in [0.1, 0.15) is 11.5 Å². The Morgan fingerprint density at radius 1 is 0.920 bits per heavy atom. The summed E-state index contributed by atoms with van der Waals surface area (Å²) in [6.45, 7) is 1.90. The predicted molar refractivity (Wildman–Crippen MR) is 97.5 cm³/mol. The van der Waals surface area contributed by atoms with Gasteiger partial charge in [-0.3, -0.25) is 0 Å². The first kappa shape index (κ1) is 15.1. The Labute approximate surface area is 145 Å². The zero-order chi connectivity index (χ0) is 17.1. The SMILES string of the molecule is Cc1ccc(/C=N/c2nc(-c3ccccc3)nn2-c2ccccc2)o1. The van der Waals surface area contributed by atoms with Crippen LogP contribution in [0.25, 0.3) is 17.1 Å². The Morgan fingerprint density at radius 2 is 1.64 bits per heavy atom. The monoisotopic (exact) mass is 328 g/mol. The molecule has 0 radical (unpaired) electrons. The Kier molecular flexibility index (Phi) is 3.96. The van der Waals surface area contributed by atoms with Gasteiger partial charge >= 0.3 is 0 Å². The van der Waals surface area contributed by atoms with E-state index in [9.17, 15) is 0 Å². The quantitative estimate of drug-likeness (QED) is 0.515. The summed E-state index contributed by atoms with van der Waals surface area (Å²) in [6.07, 6.45) is 1.66. The molecule has 2 heterocycles. The fourth-order valence-corrected chi connectivity index (χ4v) is 2.48. The molecule has 4 aromatic rings. The summed E-state index contributed by atoms with van der Waals surface area (Å²) in [5.74, 6) is 2.66. The second kappa shape index (κ2) is 6.57. The third-order valence-corrected chi connectivity index (χ3v) is 3.69. The summed E-state index contributed by atoms with van der Waals surface area (Å²) in [6, 6.07) is 23.5. The summed E-state index contributed by atoms with van der Waals surface area (Å²) >= 11 is 0. The van der Waals surface area contributed by atoms with Gasteiger partial charge < -0.3 is 4.42 Å². The van der Waals surface area contributed by atoms with Gasteiger partial charge in [-0.1, -0.05) is 48.5 Å². The van der Waals surface area contributed by atoms with Crippen LogP contribution in [0.3, 0.4) is 0 Å². The lowest BCUT2D eigenvalue weighted by molar-refractivity contribution is 0.528. The van der Waals surface area contributed by atoms with Crippen LogP contribution < -0.4 is 0 Å². The number of rotatable bonds is 4. The molecular weight excluding hydrogens is 312 g/mol. The number of benzene rings is 2. The summed E-state index contributed by atoms with van der Waals surface area (Å²) in [5.41, 5.74) is 1.85. The van der Waals surface area contributed by atoms with Gasteiger partial charge in [0.1, 0.15) is 11.5 Å². The van der Waals surface area contributed by atoms with Crippen LogP contribution in [0.5, 0.6) is 0 Å². The predicted octanol–water partition coefficient (Wildman–Crippen LogP) is 4.59. The van der Waals surface area contributed by atoms with Crippen molar-refractivity contribution in [2.75, 3.05) is 0 Å². The number of aromatic nitrogens is 3. The van der Waals surface area contributed by atoms with E-state index in [-0.39, 0.29) is 0 Å². The van der Waals surface area contributed by atoms with E-state index < -0.39 is 0 Å². The molecule has 4 rings (SSSR count). The highest BCUT2D eigenvalue weighted by Gasteiger charge is 2.12. The van der Waals surface area contributed by atoms with Crippen LogP contribution in [0, 0.1) is 6.92 Å². The molecule has 0 spiro atoms. The summed E-state index contributed by atoms with van der Waals surface area (Å²) < 4.78 is 7.27. The number of furan rings is 1. The van der Waals surface area contributed by atoms with Crippen molar-refractivity contribution in [1.29, 1.82) is 0 Å². The first-order valence-electron chi connectivity index (χ1n) is 7.98. The highest BCUT2D eigenvalue weighted by molar-refractivity contribution is 5.78. The lowest BCUT2D eigenvalue weighted by atomic mass is 10.2. The van der Waals surface area contributed by atoms with Crippen molar-refractivity contribution in [3.05, 3.63) is 84.3 Å². The van der Waals surface area contributed by atoms with Crippen molar-refractivity contribution in [2.45, 2.75) is 6.92 Å². The van der Waals surface area contributed by atoms with Gasteiger partial charge in [0.15, 0.2) is 5.82 Å². The minimum atomic E-state index is 0.499. The maximum Gasteiger partial charge on any atom is 0.253 e. The molecule has 25 heavy (non-hydrogen) atoms. The molecule has 2 aromatic carbocycles. The Balaban J connectivity index is 1.78. The van der Waals surface area contributed by atoms with Gasteiger partial charge in [0.2, 0.25) is 0 Å². The highest BCUT2D eigenvalue weighted by Crippen LogP contribution is 2.22. The number of para-hydroxylation sites is 1. The van der Waals surface area contributed by atoms with Gasteiger partial charge in [-0.05, 0) is 31.2 Å². The largest absolute Gasteiger partial charge is 0.460 e. The minimum absolute atomic E-state index is 0.499. The molecular formula is C20H16N4O. The van der Waals surface area contributed by atoms with Crippen LogP contribution in [-0.2, 0) is 0 Å². The lowest BCUT2D eigenvalue weighted by Gasteiger charge is -2.01. The number of hydrogen-bond acceptors (Lipinski definition) is 4. The van der Waals surface area contributed by atoms with E-state index in [1.165, 1.54) is 0 Å². The Hall–Kier alpha value is -3.47. The molecule has 0 amide bonds. The van der Waals surface area contributed by atoms with Crippen molar-refractivity contribution < 1.29 is 4.42 Å². The minimum Gasteiger partial charge on any atom is -0.460 e. The fourth-order valence-electron chi connectivity index (χ4n) is 2.48. The average molecular weight is 328 g/mol. The molecule has 5 nitrogen and oxygen atoms in total. The fraction of sp³-hybridized carbons (Fsp3) is 0.0500. The van der Waals surface area contributed by atoms with Crippen LogP contribution >= 0.6 is 0 Å². The normalized spacial score (nSPS) is 11.2. The smallest absolute Gasteiger partial charge is 0.253 e. The van der Waals surface area contributed by atoms with Crippen LogP contribution in [0.4, 0.5) is 5.95 Å². The van der Waals surface area contributed by atoms with Crippen molar-refractivity contribution in [3.8, 4) is 17.1 Å². The van der Waals surface area contributed by atoms with Crippen LogP contribution in [0.2, 0.25) is 0 Å². The van der Waals surface area contributed by atoms with E-state index in [0.29, 0.717) is 17.5 Å². The molecule has 0 aliphatic heterocycles. The van der Waals surface area contributed by atoms with Gasteiger partial charge in [0, 0.05) is 5.56 Å². The molecule has 122 valence electrons. The molecule has 0 atom stereocenters. The molecule has 0 fully saturated rings. The van der Waals surface area contributed by atoms with Crippen molar-refractivity contribution in [3.63, 3.8) is 0 Å². The summed E-state index contributed by atoms with van der Waals surface area (Å²) in [4.78, 5) is 9.07. The van der Waals surface area contributed by atoms with E-state index in [1.54, 1.807) is 10.9 Å². The molecule has 0 aliphatic rings. The second-order valence-electron chi connectivity index (χ2n) is 5.56. The van der Waals surface area contributed by atoms with E-state index in [0.717, 1.165) is 17.0 Å². The molecule has 0 bridgehead atoms. The lowest BCUT2D eigenvalue weighted by Crippen LogP contribution is -1.96. The average Bonchev–Trinajstić information content (AvgIpc) is 3.28. The number of aliphatic imine (C=N–C) groups is 1. The number of aryl methyl sites for hydroxylation is 1. The van der Waals surface area contributed by atoms with E-state index in [2.05, 4.69) is 15.1 Å². The topological polar surface area (TPSA) is 56.2 Å². The zero-order valence-electron chi connectivity index (χ0n) is 13.7. The molecule has 5 heteroatoms. The van der Waals surface area contributed by atoms with Crippen LogP contribution in [0.15, 0.2) is 82.2 Å². The van der Waals surface area contributed by atoms with Gasteiger partial charge in [-0.15, -0.1) is 5.10 Å². The Morgan fingerprint density at radius 3 is 2.32 bits per heavy atom. The van der Waals surface area contributed by atoms with Gasteiger partial charge in [0.25, 0.3) is 5.95 Å². The number of nitrogens with zero attached hydrogens (tertiary/aromatic N) is 4.